The minimum Gasteiger partial charge on any atom is -0.454 e. The molecule has 4 nitrogen and oxygen atoms in total. The summed E-state index contributed by atoms with van der Waals surface area (Å²) in [5.74, 6) is -0.0952. The predicted molar refractivity (Wildman–Crippen MR) is 70.2 cm³/mol. The van der Waals surface area contributed by atoms with Crippen molar-refractivity contribution in [2.45, 2.75) is 6.92 Å². The van der Waals surface area contributed by atoms with Crippen molar-refractivity contribution >= 4 is 5.84 Å². The average Bonchev–Trinajstić information content (AvgIpc) is 2.40. The second-order valence-corrected chi connectivity index (χ2v) is 4.05. The van der Waals surface area contributed by atoms with E-state index in [9.17, 15) is 4.39 Å². The van der Waals surface area contributed by atoms with Crippen LogP contribution in [0.15, 0.2) is 47.6 Å². The van der Waals surface area contributed by atoms with Gasteiger partial charge in [-0.1, -0.05) is 17.3 Å². The van der Waals surface area contributed by atoms with Crippen molar-refractivity contribution in [3.8, 4) is 11.5 Å². The molecular formula is C14H13FN2O2. The van der Waals surface area contributed by atoms with Gasteiger partial charge in [0.25, 0.3) is 0 Å². The van der Waals surface area contributed by atoms with Crippen LogP contribution in [0.3, 0.4) is 0 Å². The van der Waals surface area contributed by atoms with Crippen LogP contribution in [-0.4, -0.2) is 11.0 Å². The number of nitrogens with two attached hydrogens (primary N) is 1. The second kappa shape index (κ2) is 5.39. The minimum absolute atomic E-state index is 0.0834. The molecule has 0 atom stereocenters. The molecule has 3 N–H and O–H groups in total. The van der Waals surface area contributed by atoms with E-state index >= 15 is 0 Å². The van der Waals surface area contributed by atoms with Crippen LogP contribution >= 0.6 is 0 Å². The van der Waals surface area contributed by atoms with Gasteiger partial charge in [-0.15, -0.1) is 0 Å². The van der Waals surface area contributed by atoms with Gasteiger partial charge in [0.05, 0.1) is 0 Å². The maximum atomic E-state index is 13.8. The summed E-state index contributed by atoms with van der Waals surface area (Å²) in [6.07, 6.45) is 0. The lowest BCUT2D eigenvalue weighted by Crippen LogP contribution is -2.13. The van der Waals surface area contributed by atoms with E-state index in [1.165, 1.54) is 12.1 Å². The zero-order valence-corrected chi connectivity index (χ0v) is 10.3. The highest BCUT2D eigenvalue weighted by Crippen LogP contribution is 2.25. The number of nitrogens with zero attached hydrogens (tertiary/aromatic N) is 1. The molecule has 2 rings (SSSR count). The molecule has 0 aliphatic heterocycles. The topological polar surface area (TPSA) is 67.8 Å². The van der Waals surface area contributed by atoms with Crippen LogP contribution in [-0.2, 0) is 0 Å². The van der Waals surface area contributed by atoms with Crippen LogP contribution in [0.5, 0.6) is 11.5 Å². The molecule has 0 fully saturated rings. The fraction of sp³-hybridized carbons (Fsp3) is 0.0714. The first kappa shape index (κ1) is 12.9. The highest BCUT2D eigenvalue weighted by atomic mass is 19.1. The Bertz CT molecular complexity index is 627. The molecule has 0 heterocycles. The predicted octanol–water partition coefficient (Wildman–Crippen LogP) is 3.02. The number of benzene rings is 2. The Labute approximate surface area is 109 Å². The molecule has 0 saturated heterocycles. The van der Waals surface area contributed by atoms with Crippen LogP contribution in [0.2, 0.25) is 0 Å². The normalized spacial score (nSPS) is 11.4. The molecule has 0 amide bonds. The Hall–Kier alpha value is -2.56. The molecule has 0 radical (unpaired) electrons. The summed E-state index contributed by atoms with van der Waals surface area (Å²) < 4.78 is 19.3. The van der Waals surface area contributed by atoms with Gasteiger partial charge in [-0.05, 0) is 42.8 Å². The van der Waals surface area contributed by atoms with Gasteiger partial charge in [0.2, 0.25) is 0 Å². The molecule has 2 aromatic carbocycles. The quantitative estimate of drug-likeness (QED) is 0.386. The lowest BCUT2D eigenvalue weighted by molar-refractivity contribution is 0.318. The molecule has 0 aromatic heterocycles. The maximum Gasteiger partial charge on any atom is 0.170 e. The Morgan fingerprint density at radius 1 is 1.26 bits per heavy atom. The Morgan fingerprint density at radius 2 is 2.05 bits per heavy atom. The van der Waals surface area contributed by atoms with Crippen molar-refractivity contribution in [1.29, 1.82) is 0 Å². The highest BCUT2D eigenvalue weighted by Gasteiger charge is 2.08. The molecule has 98 valence electrons. The molecule has 0 bridgehead atoms. The second-order valence-electron chi connectivity index (χ2n) is 4.05. The van der Waals surface area contributed by atoms with Crippen LogP contribution in [0.1, 0.15) is 11.1 Å². The Morgan fingerprint density at radius 3 is 2.68 bits per heavy atom. The van der Waals surface area contributed by atoms with Crippen molar-refractivity contribution in [1.82, 2.24) is 0 Å². The standard InChI is InChI=1S/C14H13FN2O2/c1-9-3-2-4-11(7-9)19-13-6-5-10(8-12(13)15)14(16)17-18/h2-8,18H,1H3,(H2,16,17). The van der Waals surface area contributed by atoms with E-state index in [0.29, 0.717) is 5.75 Å². The van der Waals surface area contributed by atoms with Crippen molar-refractivity contribution in [2.24, 2.45) is 10.9 Å². The summed E-state index contributed by atoms with van der Waals surface area (Å²) in [5.41, 5.74) is 6.69. The summed E-state index contributed by atoms with van der Waals surface area (Å²) >= 11 is 0. The molecular weight excluding hydrogens is 247 g/mol. The molecule has 0 saturated carbocycles. The number of aryl methyl sites for hydroxylation is 1. The molecule has 0 unspecified atom stereocenters. The van der Waals surface area contributed by atoms with Gasteiger partial charge in [0.1, 0.15) is 5.75 Å². The van der Waals surface area contributed by atoms with Gasteiger partial charge in [0, 0.05) is 5.56 Å². The molecule has 5 heteroatoms. The van der Waals surface area contributed by atoms with E-state index < -0.39 is 5.82 Å². The SMILES string of the molecule is Cc1cccc(Oc2ccc(/C(N)=N/O)cc2F)c1. The fourth-order valence-electron chi connectivity index (χ4n) is 1.61. The maximum absolute atomic E-state index is 13.8. The third kappa shape index (κ3) is 3.01. The third-order valence-corrected chi connectivity index (χ3v) is 2.55. The fourth-order valence-corrected chi connectivity index (χ4v) is 1.61. The lowest BCUT2D eigenvalue weighted by Gasteiger charge is -2.08. The van der Waals surface area contributed by atoms with E-state index in [1.807, 2.05) is 19.1 Å². The van der Waals surface area contributed by atoms with Crippen molar-refractivity contribution < 1.29 is 14.3 Å². The van der Waals surface area contributed by atoms with Crippen LogP contribution in [0.4, 0.5) is 4.39 Å². The number of ether oxygens (including phenoxy) is 1. The van der Waals surface area contributed by atoms with E-state index in [2.05, 4.69) is 5.16 Å². The number of hydrogen-bond donors (Lipinski definition) is 2. The largest absolute Gasteiger partial charge is 0.454 e. The molecule has 0 aliphatic rings. The van der Waals surface area contributed by atoms with E-state index in [4.69, 9.17) is 15.7 Å². The van der Waals surface area contributed by atoms with Gasteiger partial charge >= 0.3 is 0 Å². The van der Waals surface area contributed by atoms with Crippen molar-refractivity contribution in [3.05, 3.63) is 59.4 Å². The molecule has 19 heavy (non-hydrogen) atoms. The number of rotatable bonds is 3. The summed E-state index contributed by atoms with van der Waals surface area (Å²) in [4.78, 5) is 0. The first-order valence-electron chi connectivity index (χ1n) is 5.62. The minimum atomic E-state index is -0.578. The summed E-state index contributed by atoms with van der Waals surface area (Å²) in [6, 6.07) is 11.4. The van der Waals surface area contributed by atoms with Gasteiger partial charge in [-0.2, -0.15) is 0 Å². The van der Waals surface area contributed by atoms with E-state index in [0.717, 1.165) is 11.6 Å². The van der Waals surface area contributed by atoms with Crippen LogP contribution < -0.4 is 10.5 Å². The zero-order chi connectivity index (χ0) is 13.8. The Kier molecular flexibility index (Phi) is 3.66. The first-order valence-corrected chi connectivity index (χ1v) is 5.62. The smallest absolute Gasteiger partial charge is 0.170 e. The van der Waals surface area contributed by atoms with E-state index in [1.54, 1.807) is 12.1 Å². The summed E-state index contributed by atoms with van der Waals surface area (Å²) in [7, 11) is 0. The van der Waals surface area contributed by atoms with Crippen LogP contribution in [0, 0.1) is 12.7 Å². The Balaban J connectivity index is 2.27. The van der Waals surface area contributed by atoms with Gasteiger partial charge in [-0.3, -0.25) is 0 Å². The van der Waals surface area contributed by atoms with Crippen molar-refractivity contribution in [2.75, 3.05) is 0 Å². The number of amidine groups is 1. The number of oxime groups is 1. The van der Waals surface area contributed by atoms with Crippen molar-refractivity contribution in [3.63, 3.8) is 0 Å². The summed E-state index contributed by atoms with van der Waals surface area (Å²) in [6.45, 7) is 1.92. The van der Waals surface area contributed by atoms with E-state index in [-0.39, 0.29) is 17.1 Å². The molecule has 0 spiro atoms. The first-order chi connectivity index (χ1) is 9.10. The van der Waals surface area contributed by atoms with Gasteiger partial charge in [-0.25, -0.2) is 4.39 Å². The molecule has 0 aliphatic carbocycles. The molecule has 2 aromatic rings. The average molecular weight is 260 g/mol. The monoisotopic (exact) mass is 260 g/mol. The highest BCUT2D eigenvalue weighted by molar-refractivity contribution is 5.97. The third-order valence-electron chi connectivity index (χ3n) is 2.55. The summed E-state index contributed by atoms with van der Waals surface area (Å²) in [5, 5.41) is 11.3. The van der Waals surface area contributed by atoms with Gasteiger partial charge in [0.15, 0.2) is 17.4 Å². The number of halogens is 1. The lowest BCUT2D eigenvalue weighted by atomic mass is 10.2. The zero-order valence-electron chi connectivity index (χ0n) is 10.3. The van der Waals surface area contributed by atoms with Gasteiger partial charge < -0.3 is 15.7 Å². The number of hydrogen-bond acceptors (Lipinski definition) is 3. The van der Waals surface area contributed by atoms with Crippen LogP contribution in [0.25, 0.3) is 0 Å².